The van der Waals surface area contributed by atoms with Gasteiger partial charge in [-0.1, -0.05) is 30.3 Å². The standard InChI is InChI=1S/C16H17FO2/c1-16(18,11-12-6-4-3-5-7-12)14-10-13(17)8-9-15(14)19-2/h3-10,18H,11H2,1-2H3. The van der Waals surface area contributed by atoms with Gasteiger partial charge in [0, 0.05) is 12.0 Å². The van der Waals surface area contributed by atoms with Crippen LogP contribution < -0.4 is 4.74 Å². The van der Waals surface area contributed by atoms with Gasteiger partial charge in [-0.25, -0.2) is 4.39 Å². The second-order valence-corrected chi connectivity index (χ2v) is 4.78. The Morgan fingerprint density at radius 3 is 2.47 bits per heavy atom. The van der Waals surface area contributed by atoms with Gasteiger partial charge in [0.1, 0.15) is 11.6 Å². The zero-order valence-electron chi connectivity index (χ0n) is 11.1. The van der Waals surface area contributed by atoms with Crippen LogP contribution in [-0.4, -0.2) is 12.2 Å². The molecule has 0 amide bonds. The molecule has 2 nitrogen and oxygen atoms in total. The zero-order chi connectivity index (χ0) is 13.9. The van der Waals surface area contributed by atoms with Crippen LogP contribution in [0.15, 0.2) is 48.5 Å². The summed E-state index contributed by atoms with van der Waals surface area (Å²) in [7, 11) is 1.51. The third-order valence-corrected chi connectivity index (χ3v) is 3.13. The maximum Gasteiger partial charge on any atom is 0.125 e. The van der Waals surface area contributed by atoms with E-state index in [0.29, 0.717) is 17.7 Å². The molecule has 1 atom stereocenters. The molecule has 1 unspecified atom stereocenters. The average Bonchev–Trinajstić information content (AvgIpc) is 2.39. The molecular weight excluding hydrogens is 243 g/mol. The predicted molar refractivity (Wildman–Crippen MR) is 72.7 cm³/mol. The van der Waals surface area contributed by atoms with Gasteiger partial charge in [-0.05, 0) is 30.7 Å². The smallest absolute Gasteiger partial charge is 0.125 e. The molecule has 2 aromatic carbocycles. The van der Waals surface area contributed by atoms with Crippen LogP contribution in [0.5, 0.6) is 5.75 Å². The number of halogens is 1. The Hall–Kier alpha value is -1.87. The number of hydrogen-bond donors (Lipinski definition) is 1. The first-order chi connectivity index (χ1) is 9.03. The van der Waals surface area contributed by atoms with Crippen molar-refractivity contribution in [2.45, 2.75) is 18.9 Å². The zero-order valence-corrected chi connectivity index (χ0v) is 11.1. The average molecular weight is 260 g/mol. The van der Waals surface area contributed by atoms with Crippen molar-refractivity contribution in [2.75, 3.05) is 7.11 Å². The van der Waals surface area contributed by atoms with Crippen LogP contribution in [0, 0.1) is 5.82 Å². The van der Waals surface area contributed by atoms with Crippen LogP contribution in [0.25, 0.3) is 0 Å². The van der Waals surface area contributed by atoms with E-state index in [2.05, 4.69) is 0 Å². The molecular formula is C16H17FO2. The molecule has 0 saturated heterocycles. The Morgan fingerprint density at radius 1 is 1.16 bits per heavy atom. The van der Waals surface area contributed by atoms with Crippen molar-refractivity contribution in [1.29, 1.82) is 0 Å². The van der Waals surface area contributed by atoms with E-state index in [1.54, 1.807) is 6.92 Å². The van der Waals surface area contributed by atoms with Gasteiger partial charge in [-0.2, -0.15) is 0 Å². The van der Waals surface area contributed by atoms with Gasteiger partial charge >= 0.3 is 0 Å². The van der Waals surface area contributed by atoms with E-state index >= 15 is 0 Å². The Labute approximate surface area is 112 Å². The fourth-order valence-corrected chi connectivity index (χ4v) is 2.19. The molecule has 0 aliphatic rings. The van der Waals surface area contributed by atoms with Crippen molar-refractivity contribution in [1.82, 2.24) is 0 Å². The fraction of sp³-hybridized carbons (Fsp3) is 0.250. The highest BCUT2D eigenvalue weighted by Crippen LogP contribution is 2.33. The third kappa shape index (κ3) is 3.12. The van der Waals surface area contributed by atoms with E-state index in [9.17, 15) is 9.50 Å². The molecule has 0 radical (unpaired) electrons. The van der Waals surface area contributed by atoms with Crippen LogP contribution in [0.3, 0.4) is 0 Å². The Balaban J connectivity index is 2.36. The van der Waals surface area contributed by atoms with Crippen LogP contribution in [0.2, 0.25) is 0 Å². The number of methoxy groups -OCH3 is 1. The lowest BCUT2D eigenvalue weighted by Crippen LogP contribution is -2.25. The van der Waals surface area contributed by atoms with Crippen LogP contribution in [0.4, 0.5) is 4.39 Å². The molecule has 100 valence electrons. The summed E-state index contributed by atoms with van der Waals surface area (Å²) >= 11 is 0. The molecule has 0 fully saturated rings. The summed E-state index contributed by atoms with van der Waals surface area (Å²) < 4.78 is 18.6. The highest BCUT2D eigenvalue weighted by molar-refractivity contribution is 5.39. The van der Waals surface area contributed by atoms with E-state index in [-0.39, 0.29) is 5.82 Å². The van der Waals surface area contributed by atoms with E-state index in [1.807, 2.05) is 30.3 Å². The molecule has 0 aromatic heterocycles. The lowest BCUT2D eigenvalue weighted by Gasteiger charge is -2.26. The van der Waals surface area contributed by atoms with Crippen molar-refractivity contribution in [3.05, 3.63) is 65.5 Å². The number of rotatable bonds is 4. The van der Waals surface area contributed by atoms with Crippen LogP contribution >= 0.6 is 0 Å². The predicted octanol–water partition coefficient (Wildman–Crippen LogP) is 3.28. The lowest BCUT2D eigenvalue weighted by molar-refractivity contribution is 0.0546. The summed E-state index contributed by atoms with van der Waals surface area (Å²) in [5.41, 5.74) is 0.257. The second-order valence-electron chi connectivity index (χ2n) is 4.78. The van der Waals surface area contributed by atoms with E-state index in [1.165, 1.54) is 25.3 Å². The summed E-state index contributed by atoms with van der Waals surface area (Å²) in [6.45, 7) is 1.66. The van der Waals surface area contributed by atoms with Gasteiger partial charge in [0.2, 0.25) is 0 Å². The molecule has 2 rings (SSSR count). The summed E-state index contributed by atoms with van der Waals surface area (Å²) in [6.07, 6.45) is 0.396. The number of ether oxygens (including phenoxy) is 1. The Morgan fingerprint density at radius 2 is 1.84 bits per heavy atom. The van der Waals surface area contributed by atoms with E-state index < -0.39 is 5.60 Å². The second kappa shape index (κ2) is 5.41. The molecule has 0 aliphatic carbocycles. The largest absolute Gasteiger partial charge is 0.496 e. The highest BCUT2D eigenvalue weighted by atomic mass is 19.1. The van der Waals surface area contributed by atoms with Crippen LogP contribution in [0.1, 0.15) is 18.1 Å². The fourth-order valence-electron chi connectivity index (χ4n) is 2.19. The van der Waals surface area contributed by atoms with Gasteiger partial charge in [0.15, 0.2) is 0 Å². The van der Waals surface area contributed by atoms with E-state index in [0.717, 1.165) is 5.56 Å². The third-order valence-electron chi connectivity index (χ3n) is 3.13. The van der Waals surface area contributed by atoms with Gasteiger partial charge in [-0.15, -0.1) is 0 Å². The van der Waals surface area contributed by atoms with Gasteiger partial charge in [0.25, 0.3) is 0 Å². The number of aliphatic hydroxyl groups is 1. The first-order valence-corrected chi connectivity index (χ1v) is 6.13. The Bertz CT molecular complexity index is 550. The topological polar surface area (TPSA) is 29.5 Å². The SMILES string of the molecule is COc1ccc(F)cc1C(C)(O)Cc1ccccc1. The molecule has 0 aliphatic heterocycles. The molecule has 2 aromatic rings. The minimum atomic E-state index is -1.19. The molecule has 0 bridgehead atoms. The van der Waals surface area contributed by atoms with Crippen molar-refractivity contribution in [2.24, 2.45) is 0 Å². The van der Waals surface area contributed by atoms with Crippen LogP contribution in [-0.2, 0) is 12.0 Å². The molecule has 1 N–H and O–H groups in total. The Kier molecular flexibility index (Phi) is 3.86. The number of benzene rings is 2. The van der Waals surface area contributed by atoms with Gasteiger partial charge < -0.3 is 9.84 Å². The van der Waals surface area contributed by atoms with Gasteiger partial charge in [0.05, 0.1) is 12.7 Å². The van der Waals surface area contributed by atoms with Crippen molar-refractivity contribution in [3.8, 4) is 5.75 Å². The summed E-state index contributed by atoms with van der Waals surface area (Å²) in [5.74, 6) is 0.103. The minimum Gasteiger partial charge on any atom is -0.496 e. The number of hydrogen-bond acceptors (Lipinski definition) is 2. The van der Waals surface area contributed by atoms with Crippen molar-refractivity contribution < 1.29 is 14.2 Å². The molecule has 0 saturated carbocycles. The molecule has 19 heavy (non-hydrogen) atoms. The molecule has 3 heteroatoms. The van der Waals surface area contributed by atoms with E-state index in [4.69, 9.17) is 4.74 Å². The maximum absolute atomic E-state index is 13.4. The molecule has 0 heterocycles. The normalized spacial score (nSPS) is 13.9. The highest BCUT2D eigenvalue weighted by Gasteiger charge is 2.27. The van der Waals surface area contributed by atoms with Crippen molar-refractivity contribution >= 4 is 0 Å². The monoisotopic (exact) mass is 260 g/mol. The first-order valence-electron chi connectivity index (χ1n) is 6.13. The first kappa shape index (κ1) is 13.6. The quantitative estimate of drug-likeness (QED) is 0.914. The summed E-state index contributed by atoms with van der Waals surface area (Å²) in [4.78, 5) is 0. The minimum absolute atomic E-state index is 0.385. The summed E-state index contributed by atoms with van der Waals surface area (Å²) in [6, 6.07) is 13.8. The molecule has 0 spiro atoms. The van der Waals surface area contributed by atoms with Crippen molar-refractivity contribution in [3.63, 3.8) is 0 Å². The maximum atomic E-state index is 13.4. The summed E-state index contributed by atoms with van der Waals surface area (Å²) in [5, 5.41) is 10.6. The van der Waals surface area contributed by atoms with Gasteiger partial charge in [-0.3, -0.25) is 0 Å². The lowest BCUT2D eigenvalue weighted by atomic mass is 9.88.